The summed E-state index contributed by atoms with van der Waals surface area (Å²) in [5, 5.41) is 5.99. The molecule has 1 aromatic carbocycles. The van der Waals surface area contributed by atoms with Crippen molar-refractivity contribution in [1.82, 2.24) is 5.32 Å². The van der Waals surface area contributed by atoms with Crippen LogP contribution in [0.3, 0.4) is 0 Å². The van der Waals surface area contributed by atoms with Crippen LogP contribution in [0.4, 0.5) is 5.69 Å². The highest BCUT2D eigenvalue weighted by Gasteiger charge is 2.57. The molecule has 1 saturated carbocycles. The second-order valence-corrected chi connectivity index (χ2v) is 8.26. The van der Waals surface area contributed by atoms with E-state index in [1.807, 2.05) is 58.0 Å². The van der Waals surface area contributed by atoms with Crippen molar-refractivity contribution >= 4 is 17.5 Å². The molecule has 1 aromatic heterocycles. The number of hydrogen-bond donors (Lipinski definition) is 2. The van der Waals surface area contributed by atoms with Gasteiger partial charge >= 0.3 is 0 Å². The molecule has 2 unspecified atom stereocenters. The van der Waals surface area contributed by atoms with E-state index in [0.29, 0.717) is 19.4 Å². The fourth-order valence-corrected chi connectivity index (χ4v) is 4.01. The van der Waals surface area contributed by atoms with E-state index in [1.54, 1.807) is 12.3 Å². The molecule has 1 aliphatic rings. The van der Waals surface area contributed by atoms with E-state index in [0.717, 1.165) is 17.0 Å². The maximum absolute atomic E-state index is 13.0. The molecule has 5 heteroatoms. The standard InChI is InChI=1S/C22H28N2O3/c1-15-7-9-16(10-8-15)24-19(25)18-11-12-22(4,21(18,2)3)20(26)23-14-17-6-5-13-27-17/h5-10,13,18H,11-12,14H2,1-4H3,(H,23,26)(H,24,25). The van der Waals surface area contributed by atoms with Crippen LogP contribution < -0.4 is 10.6 Å². The first-order valence-corrected chi connectivity index (χ1v) is 9.42. The van der Waals surface area contributed by atoms with Gasteiger partial charge in [0.15, 0.2) is 0 Å². The summed E-state index contributed by atoms with van der Waals surface area (Å²) in [6, 6.07) is 11.4. The van der Waals surface area contributed by atoms with Crippen molar-refractivity contribution in [2.75, 3.05) is 5.32 Å². The van der Waals surface area contributed by atoms with Gasteiger partial charge in [-0.15, -0.1) is 0 Å². The Hall–Kier alpha value is -2.56. The second kappa shape index (κ2) is 7.22. The van der Waals surface area contributed by atoms with E-state index in [9.17, 15) is 9.59 Å². The van der Waals surface area contributed by atoms with Crippen LogP contribution in [0, 0.1) is 23.7 Å². The molecule has 1 fully saturated rings. The zero-order valence-electron chi connectivity index (χ0n) is 16.5. The highest BCUT2D eigenvalue weighted by molar-refractivity contribution is 5.95. The molecule has 0 spiro atoms. The second-order valence-electron chi connectivity index (χ2n) is 8.26. The van der Waals surface area contributed by atoms with Crippen LogP contribution in [0.2, 0.25) is 0 Å². The molecule has 0 bridgehead atoms. The van der Waals surface area contributed by atoms with E-state index < -0.39 is 10.8 Å². The lowest BCUT2D eigenvalue weighted by molar-refractivity contribution is -0.138. The zero-order valence-corrected chi connectivity index (χ0v) is 16.5. The number of hydrogen-bond acceptors (Lipinski definition) is 3. The molecule has 2 aromatic rings. The minimum absolute atomic E-state index is 0.0218. The van der Waals surface area contributed by atoms with Gasteiger partial charge in [0.1, 0.15) is 5.76 Å². The summed E-state index contributed by atoms with van der Waals surface area (Å²) < 4.78 is 5.29. The first-order chi connectivity index (χ1) is 12.7. The van der Waals surface area contributed by atoms with Gasteiger partial charge in [0.2, 0.25) is 11.8 Å². The Kier molecular flexibility index (Phi) is 5.13. The lowest BCUT2D eigenvalue weighted by Crippen LogP contribution is -2.48. The molecular weight excluding hydrogens is 340 g/mol. The fraction of sp³-hybridized carbons (Fsp3) is 0.455. The van der Waals surface area contributed by atoms with E-state index >= 15 is 0 Å². The van der Waals surface area contributed by atoms with Crippen LogP contribution in [0.25, 0.3) is 0 Å². The lowest BCUT2D eigenvalue weighted by atomic mass is 9.65. The zero-order chi connectivity index (χ0) is 19.7. The van der Waals surface area contributed by atoms with Crippen LogP contribution in [0.1, 0.15) is 44.9 Å². The van der Waals surface area contributed by atoms with Gasteiger partial charge in [0.05, 0.1) is 18.2 Å². The maximum Gasteiger partial charge on any atom is 0.228 e. The smallest absolute Gasteiger partial charge is 0.228 e. The molecule has 1 aliphatic carbocycles. The van der Waals surface area contributed by atoms with Crippen LogP contribution >= 0.6 is 0 Å². The van der Waals surface area contributed by atoms with Crippen molar-refractivity contribution in [3.8, 4) is 0 Å². The molecule has 5 nitrogen and oxygen atoms in total. The van der Waals surface area contributed by atoms with Gasteiger partial charge in [0, 0.05) is 11.6 Å². The first-order valence-electron chi connectivity index (χ1n) is 9.42. The normalized spacial score (nSPS) is 23.8. The average molecular weight is 368 g/mol. The monoisotopic (exact) mass is 368 g/mol. The topological polar surface area (TPSA) is 71.3 Å². The first kappa shape index (κ1) is 19.2. The number of rotatable bonds is 5. The molecule has 2 amide bonds. The Bertz CT molecular complexity index is 809. The number of benzene rings is 1. The number of aryl methyl sites for hydroxylation is 1. The summed E-state index contributed by atoms with van der Waals surface area (Å²) >= 11 is 0. The number of amides is 2. The number of carbonyl (C=O) groups excluding carboxylic acids is 2. The Morgan fingerprint density at radius 3 is 2.48 bits per heavy atom. The van der Waals surface area contributed by atoms with E-state index in [4.69, 9.17) is 4.42 Å². The van der Waals surface area contributed by atoms with Gasteiger partial charge in [-0.05, 0) is 49.4 Å². The minimum Gasteiger partial charge on any atom is -0.467 e. The summed E-state index contributed by atoms with van der Waals surface area (Å²) in [4.78, 5) is 25.9. The fourth-order valence-electron chi connectivity index (χ4n) is 4.01. The molecule has 0 saturated heterocycles. The van der Waals surface area contributed by atoms with E-state index in [1.165, 1.54) is 0 Å². The van der Waals surface area contributed by atoms with Gasteiger partial charge in [-0.1, -0.05) is 38.5 Å². The van der Waals surface area contributed by atoms with Crippen LogP contribution in [-0.2, 0) is 16.1 Å². The van der Waals surface area contributed by atoms with E-state index in [2.05, 4.69) is 10.6 Å². The third kappa shape index (κ3) is 3.64. The van der Waals surface area contributed by atoms with Crippen LogP contribution in [0.5, 0.6) is 0 Å². The summed E-state index contributed by atoms with van der Waals surface area (Å²) in [5.41, 5.74) is 0.858. The molecule has 0 radical (unpaired) electrons. The number of nitrogens with one attached hydrogen (secondary N) is 2. The summed E-state index contributed by atoms with van der Waals surface area (Å²) in [7, 11) is 0. The SMILES string of the molecule is Cc1ccc(NC(=O)C2CCC(C)(C(=O)NCc3ccco3)C2(C)C)cc1. The predicted octanol–water partition coefficient (Wildman–Crippen LogP) is 4.29. The quantitative estimate of drug-likeness (QED) is 0.827. The molecular formula is C22H28N2O3. The summed E-state index contributed by atoms with van der Waals surface area (Å²) in [5.74, 6) is 0.440. The van der Waals surface area contributed by atoms with Crippen molar-refractivity contribution in [1.29, 1.82) is 0 Å². The highest BCUT2D eigenvalue weighted by atomic mass is 16.3. The summed E-state index contributed by atoms with van der Waals surface area (Å²) in [6.45, 7) is 8.37. The highest BCUT2D eigenvalue weighted by Crippen LogP contribution is 2.56. The molecule has 0 aliphatic heterocycles. The van der Waals surface area contributed by atoms with Gasteiger partial charge in [-0.25, -0.2) is 0 Å². The molecule has 3 rings (SSSR count). The molecule has 1 heterocycles. The third-order valence-electron chi connectivity index (χ3n) is 6.37. The number of furan rings is 1. The van der Waals surface area contributed by atoms with Gasteiger partial charge in [-0.3, -0.25) is 9.59 Å². The Morgan fingerprint density at radius 2 is 1.85 bits per heavy atom. The lowest BCUT2D eigenvalue weighted by Gasteiger charge is -2.39. The Labute approximate surface area is 160 Å². The van der Waals surface area contributed by atoms with Crippen molar-refractivity contribution in [2.45, 2.75) is 47.1 Å². The number of anilines is 1. The van der Waals surface area contributed by atoms with Crippen molar-refractivity contribution in [3.05, 3.63) is 54.0 Å². The average Bonchev–Trinajstić information content (AvgIpc) is 3.22. The summed E-state index contributed by atoms with van der Waals surface area (Å²) in [6.07, 6.45) is 2.96. The maximum atomic E-state index is 13.0. The van der Waals surface area contributed by atoms with Crippen molar-refractivity contribution in [2.24, 2.45) is 16.7 Å². The van der Waals surface area contributed by atoms with Gasteiger partial charge < -0.3 is 15.1 Å². The predicted molar refractivity (Wildman–Crippen MR) is 105 cm³/mol. The minimum atomic E-state index is -0.616. The van der Waals surface area contributed by atoms with Crippen LogP contribution in [0.15, 0.2) is 47.1 Å². The Balaban J connectivity index is 1.69. The van der Waals surface area contributed by atoms with Gasteiger partial charge in [-0.2, -0.15) is 0 Å². The molecule has 2 N–H and O–H groups in total. The molecule has 2 atom stereocenters. The van der Waals surface area contributed by atoms with Crippen molar-refractivity contribution < 1.29 is 14.0 Å². The number of carbonyl (C=O) groups is 2. The van der Waals surface area contributed by atoms with Crippen molar-refractivity contribution in [3.63, 3.8) is 0 Å². The molecule has 144 valence electrons. The van der Waals surface area contributed by atoms with Crippen LogP contribution in [-0.4, -0.2) is 11.8 Å². The third-order valence-corrected chi connectivity index (χ3v) is 6.37. The van der Waals surface area contributed by atoms with Gasteiger partial charge in [0.25, 0.3) is 0 Å². The largest absolute Gasteiger partial charge is 0.467 e. The molecule has 27 heavy (non-hydrogen) atoms. The van der Waals surface area contributed by atoms with E-state index in [-0.39, 0.29) is 17.7 Å². The Morgan fingerprint density at radius 1 is 1.15 bits per heavy atom.